The van der Waals surface area contributed by atoms with Gasteiger partial charge in [-0.05, 0) is 32.9 Å². The highest BCUT2D eigenvalue weighted by atomic mass is 32.1. The third-order valence-corrected chi connectivity index (χ3v) is 4.44. The SMILES string of the molecule is CC(C)(C)OC(=O)N1CCOC[C@@H]1c1nc(-c2ccccn2)cs1. The van der Waals surface area contributed by atoms with E-state index in [1.165, 1.54) is 11.3 Å². The van der Waals surface area contributed by atoms with Gasteiger partial charge in [0.25, 0.3) is 0 Å². The van der Waals surface area contributed by atoms with Gasteiger partial charge < -0.3 is 9.47 Å². The Bertz CT molecular complexity index is 697. The van der Waals surface area contributed by atoms with Crippen LogP contribution in [0.15, 0.2) is 29.8 Å². The molecule has 0 radical (unpaired) electrons. The van der Waals surface area contributed by atoms with Crippen molar-refractivity contribution in [2.24, 2.45) is 0 Å². The molecule has 0 aliphatic carbocycles. The zero-order valence-corrected chi connectivity index (χ0v) is 14.9. The van der Waals surface area contributed by atoms with Crippen molar-refractivity contribution < 1.29 is 14.3 Å². The van der Waals surface area contributed by atoms with Gasteiger partial charge in [-0.15, -0.1) is 11.3 Å². The number of thiazole rings is 1. The van der Waals surface area contributed by atoms with Gasteiger partial charge >= 0.3 is 6.09 Å². The van der Waals surface area contributed by atoms with E-state index in [0.717, 1.165) is 16.4 Å². The number of amides is 1. The van der Waals surface area contributed by atoms with Crippen molar-refractivity contribution in [3.63, 3.8) is 0 Å². The number of carbonyl (C=O) groups excluding carboxylic acids is 1. The molecule has 24 heavy (non-hydrogen) atoms. The lowest BCUT2D eigenvalue weighted by Crippen LogP contribution is -2.45. The number of hydrogen-bond acceptors (Lipinski definition) is 6. The van der Waals surface area contributed by atoms with Crippen LogP contribution in [0.5, 0.6) is 0 Å². The second-order valence-electron chi connectivity index (χ2n) is 6.55. The maximum absolute atomic E-state index is 12.5. The molecular weight excluding hydrogens is 326 g/mol. The maximum Gasteiger partial charge on any atom is 0.411 e. The fourth-order valence-electron chi connectivity index (χ4n) is 2.42. The summed E-state index contributed by atoms with van der Waals surface area (Å²) in [6.07, 6.45) is 1.41. The van der Waals surface area contributed by atoms with E-state index in [1.54, 1.807) is 11.1 Å². The van der Waals surface area contributed by atoms with E-state index in [4.69, 9.17) is 9.47 Å². The lowest BCUT2D eigenvalue weighted by atomic mass is 10.2. The van der Waals surface area contributed by atoms with Crippen molar-refractivity contribution in [1.82, 2.24) is 14.9 Å². The van der Waals surface area contributed by atoms with Gasteiger partial charge in [-0.25, -0.2) is 9.78 Å². The number of pyridine rings is 1. The quantitative estimate of drug-likeness (QED) is 0.832. The van der Waals surface area contributed by atoms with Crippen LogP contribution in [-0.4, -0.2) is 46.3 Å². The van der Waals surface area contributed by atoms with Gasteiger partial charge in [-0.1, -0.05) is 6.07 Å². The monoisotopic (exact) mass is 347 g/mol. The van der Waals surface area contributed by atoms with Gasteiger partial charge in [0.15, 0.2) is 0 Å². The highest BCUT2D eigenvalue weighted by Crippen LogP contribution is 2.30. The summed E-state index contributed by atoms with van der Waals surface area (Å²) in [7, 11) is 0. The average Bonchev–Trinajstić information content (AvgIpc) is 3.04. The molecule has 2 aromatic heterocycles. The Hall–Kier alpha value is -1.99. The summed E-state index contributed by atoms with van der Waals surface area (Å²) < 4.78 is 11.1. The van der Waals surface area contributed by atoms with E-state index in [2.05, 4.69) is 9.97 Å². The molecule has 1 saturated heterocycles. The predicted octanol–water partition coefficient (Wildman–Crippen LogP) is 3.51. The number of rotatable bonds is 2. The van der Waals surface area contributed by atoms with Crippen LogP contribution in [0, 0.1) is 0 Å². The summed E-state index contributed by atoms with van der Waals surface area (Å²) in [4.78, 5) is 23.2. The van der Waals surface area contributed by atoms with Crippen molar-refractivity contribution in [3.05, 3.63) is 34.8 Å². The molecule has 0 bridgehead atoms. The topological polar surface area (TPSA) is 64.5 Å². The first-order valence-corrected chi connectivity index (χ1v) is 8.76. The number of carbonyl (C=O) groups is 1. The van der Waals surface area contributed by atoms with E-state index >= 15 is 0 Å². The van der Waals surface area contributed by atoms with E-state index in [9.17, 15) is 4.79 Å². The molecule has 1 aliphatic rings. The van der Waals surface area contributed by atoms with Gasteiger partial charge in [0.05, 0.1) is 24.6 Å². The molecule has 0 aromatic carbocycles. The smallest absolute Gasteiger partial charge is 0.411 e. The van der Waals surface area contributed by atoms with Gasteiger partial charge in [0.2, 0.25) is 0 Å². The van der Waals surface area contributed by atoms with Crippen LogP contribution in [-0.2, 0) is 9.47 Å². The Morgan fingerprint density at radius 2 is 2.21 bits per heavy atom. The summed E-state index contributed by atoms with van der Waals surface area (Å²) in [5.41, 5.74) is 1.10. The molecule has 0 saturated carbocycles. The molecule has 0 spiro atoms. The van der Waals surface area contributed by atoms with Gasteiger partial charge in [0, 0.05) is 18.1 Å². The largest absolute Gasteiger partial charge is 0.444 e. The molecule has 7 heteroatoms. The molecule has 0 N–H and O–H groups in total. The summed E-state index contributed by atoms with van der Waals surface area (Å²) in [5, 5.41) is 2.79. The minimum atomic E-state index is -0.526. The molecule has 1 aliphatic heterocycles. The van der Waals surface area contributed by atoms with E-state index in [1.807, 2.05) is 44.4 Å². The van der Waals surface area contributed by atoms with Crippen molar-refractivity contribution in [2.45, 2.75) is 32.4 Å². The number of hydrogen-bond donors (Lipinski definition) is 0. The zero-order chi connectivity index (χ0) is 17.2. The number of aromatic nitrogens is 2. The van der Waals surface area contributed by atoms with Crippen LogP contribution in [0.4, 0.5) is 4.79 Å². The second kappa shape index (κ2) is 6.86. The molecule has 2 aromatic rings. The summed E-state index contributed by atoms with van der Waals surface area (Å²) in [5.74, 6) is 0. The van der Waals surface area contributed by atoms with E-state index < -0.39 is 5.60 Å². The normalized spacial score (nSPS) is 18.5. The zero-order valence-electron chi connectivity index (χ0n) is 14.1. The first-order valence-electron chi connectivity index (χ1n) is 7.88. The number of nitrogens with zero attached hydrogens (tertiary/aromatic N) is 3. The van der Waals surface area contributed by atoms with Crippen LogP contribution in [0.25, 0.3) is 11.4 Å². The van der Waals surface area contributed by atoms with Crippen LogP contribution in [0.3, 0.4) is 0 Å². The minimum absolute atomic E-state index is 0.226. The minimum Gasteiger partial charge on any atom is -0.444 e. The molecule has 3 rings (SSSR count). The van der Waals surface area contributed by atoms with Gasteiger partial charge in [-0.2, -0.15) is 0 Å². The van der Waals surface area contributed by atoms with Crippen LogP contribution < -0.4 is 0 Å². The van der Waals surface area contributed by atoms with Crippen molar-refractivity contribution in [3.8, 4) is 11.4 Å². The fourth-order valence-corrected chi connectivity index (χ4v) is 3.33. The Labute approximate surface area is 145 Å². The van der Waals surface area contributed by atoms with E-state index in [-0.39, 0.29) is 12.1 Å². The van der Waals surface area contributed by atoms with Crippen molar-refractivity contribution in [2.75, 3.05) is 19.8 Å². The Balaban J connectivity index is 1.81. The first kappa shape index (κ1) is 16.9. The molecule has 3 heterocycles. The molecule has 0 unspecified atom stereocenters. The Kier molecular flexibility index (Phi) is 4.82. The van der Waals surface area contributed by atoms with Gasteiger partial charge in [0.1, 0.15) is 16.7 Å². The van der Waals surface area contributed by atoms with Crippen LogP contribution in [0.2, 0.25) is 0 Å². The van der Waals surface area contributed by atoms with Gasteiger partial charge in [-0.3, -0.25) is 9.88 Å². The van der Waals surface area contributed by atoms with Crippen LogP contribution >= 0.6 is 11.3 Å². The fraction of sp³-hybridized carbons (Fsp3) is 0.471. The third kappa shape index (κ3) is 3.91. The standard InChI is InChI=1S/C17H21N3O3S/c1-17(2,3)23-16(21)20-8-9-22-10-14(20)15-19-13(11-24-15)12-6-4-5-7-18-12/h4-7,11,14H,8-10H2,1-3H3/t14-/m1/s1. The number of ether oxygens (including phenoxy) is 2. The second-order valence-corrected chi connectivity index (χ2v) is 7.44. The van der Waals surface area contributed by atoms with E-state index in [0.29, 0.717) is 19.8 Å². The Morgan fingerprint density at radius 1 is 1.38 bits per heavy atom. The highest BCUT2D eigenvalue weighted by Gasteiger charge is 2.33. The maximum atomic E-state index is 12.5. The highest BCUT2D eigenvalue weighted by molar-refractivity contribution is 7.10. The molecule has 1 amide bonds. The van der Waals surface area contributed by atoms with Crippen LogP contribution in [0.1, 0.15) is 31.8 Å². The number of morpholine rings is 1. The predicted molar refractivity (Wildman–Crippen MR) is 91.8 cm³/mol. The molecule has 1 fully saturated rings. The lowest BCUT2D eigenvalue weighted by molar-refractivity contribution is -0.0331. The summed E-state index contributed by atoms with van der Waals surface area (Å²) >= 11 is 1.51. The summed E-state index contributed by atoms with van der Waals surface area (Å²) in [6, 6.07) is 5.49. The Morgan fingerprint density at radius 3 is 2.92 bits per heavy atom. The van der Waals surface area contributed by atoms with Crippen molar-refractivity contribution in [1.29, 1.82) is 0 Å². The molecule has 128 valence electrons. The average molecular weight is 347 g/mol. The molecule has 1 atom stereocenters. The lowest BCUT2D eigenvalue weighted by Gasteiger charge is -2.35. The van der Waals surface area contributed by atoms with Crippen molar-refractivity contribution >= 4 is 17.4 Å². The third-order valence-electron chi connectivity index (χ3n) is 3.49. The molecule has 6 nitrogen and oxygen atoms in total. The molecular formula is C17H21N3O3S. The summed E-state index contributed by atoms with van der Waals surface area (Å²) in [6.45, 7) is 7.02. The first-order chi connectivity index (χ1) is 11.4.